The summed E-state index contributed by atoms with van der Waals surface area (Å²) in [6, 6.07) is 17.1. The Morgan fingerprint density at radius 1 is 1.17 bits per heavy atom. The van der Waals surface area contributed by atoms with Gasteiger partial charge in [-0.25, -0.2) is 0 Å². The van der Waals surface area contributed by atoms with Crippen molar-refractivity contribution in [1.29, 1.82) is 5.26 Å². The van der Waals surface area contributed by atoms with Gasteiger partial charge in [0, 0.05) is 4.47 Å². The fourth-order valence-corrected chi connectivity index (χ4v) is 2.43. The van der Waals surface area contributed by atoms with E-state index in [2.05, 4.69) is 35.1 Å². The third kappa shape index (κ3) is 4.54. The Morgan fingerprint density at radius 2 is 1.83 bits per heavy atom. The Kier molecular flexibility index (Phi) is 5.72. The van der Waals surface area contributed by atoms with Gasteiger partial charge in [0.05, 0.1) is 5.69 Å². The number of para-hydroxylation sites is 1. The number of hydrogen-bond donors (Lipinski definition) is 1. The average Bonchev–Trinajstić information content (AvgIpc) is 2.55. The van der Waals surface area contributed by atoms with Gasteiger partial charge in [0.25, 0.3) is 5.91 Å². The Balaban J connectivity index is 2.20. The smallest absolute Gasteiger partial charge is 0.266 e. The number of rotatable bonds is 4. The lowest BCUT2D eigenvalue weighted by Gasteiger charge is -2.07. The Hall–Kier alpha value is -2.38. The molecule has 0 unspecified atom stereocenters. The summed E-state index contributed by atoms with van der Waals surface area (Å²) in [4.78, 5) is 12.3. The minimum absolute atomic E-state index is 0.0676. The maximum Gasteiger partial charge on any atom is 0.266 e. The van der Waals surface area contributed by atoms with E-state index in [1.165, 1.54) is 5.56 Å². The minimum atomic E-state index is -0.424. The second-order valence-electron chi connectivity index (χ2n) is 5.43. The van der Waals surface area contributed by atoms with Gasteiger partial charge >= 0.3 is 0 Å². The van der Waals surface area contributed by atoms with Gasteiger partial charge in [0.1, 0.15) is 11.6 Å². The molecule has 2 aromatic carbocycles. The SMILES string of the molecule is CC(C)c1ccc(/C=C(\C#N)C(=O)Nc2ccccc2Br)cc1. The van der Waals surface area contributed by atoms with Crippen molar-refractivity contribution in [3.8, 4) is 6.07 Å². The molecule has 0 heterocycles. The van der Waals surface area contributed by atoms with Gasteiger partial charge in [-0.1, -0.05) is 50.2 Å². The van der Waals surface area contributed by atoms with E-state index in [1.54, 1.807) is 12.1 Å². The Morgan fingerprint density at radius 3 is 2.39 bits per heavy atom. The van der Waals surface area contributed by atoms with E-state index in [0.717, 1.165) is 10.0 Å². The van der Waals surface area contributed by atoms with Crippen LogP contribution < -0.4 is 5.32 Å². The van der Waals surface area contributed by atoms with Crippen molar-refractivity contribution in [1.82, 2.24) is 0 Å². The van der Waals surface area contributed by atoms with Crippen LogP contribution in [0, 0.1) is 11.3 Å². The van der Waals surface area contributed by atoms with Crippen LogP contribution in [0.1, 0.15) is 30.9 Å². The molecule has 0 radical (unpaired) electrons. The molecule has 23 heavy (non-hydrogen) atoms. The summed E-state index contributed by atoms with van der Waals surface area (Å²) in [5.74, 6) is 0.0227. The molecule has 0 atom stereocenters. The van der Waals surface area contributed by atoms with Crippen LogP contribution in [0.15, 0.2) is 58.6 Å². The van der Waals surface area contributed by atoms with Gasteiger partial charge in [-0.15, -0.1) is 0 Å². The summed E-state index contributed by atoms with van der Waals surface area (Å²) < 4.78 is 0.770. The van der Waals surface area contributed by atoms with Gasteiger partial charge in [-0.05, 0) is 51.2 Å². The normalized spacial score (nSPS) is 11.2. The molecule has 0 saturated carbocycles. The standard InChI is InChI=1S/C19H17BrN2O/c1-13(2)15-9-7-14(8-10-15)11-16(12-21)19(23)22-18-6-4-3-5-17(18)20/h3-11,13H,1-2H3,(H,22,23)/b16-11+. The van der Waals surface area contributed by atoms with Gasteiger partial charge < -0.3 is 5.32 Å². The van der Waals surface area contributed by atoms with E-state index < -0.39 is 5.91 Å². The number of nitrogens with zero attached hydrogens (tertiary/aromatic N) is 1. The zero-order valence-electron chi connectivity index (χ0n) is 13.0. The second kappa shape index (κ2) is 7.75. The molecule has 3 nitrogen and oxygen atoms in total. The van der Waals surface area contributed by atoms with E-state index in [0.29, 0.717) is 11.6 Å². The van der Waals surface area contributed by atoms with E-state index >= 15 is 0 Å². The molecule has 0 fully saturated rings. The molecule has 0 aromatic heterocycles. The zero-order valence-corrected chi connectivity index (χ0v) is 14.6. The lowest BCUT2D eigenvalue weighted by Crippen LogP contribution is -2.13. The quantitative estimate of drug-likeness (QED) is 0.601. The molecule has 0 aliphatic heterocycles. The van der Waals surface area contributed by atoms with Crippen molar-refractivity contribution in [2.75, 3.05) is 5.32 Å². The molecule has 0 spiro atoms. The van der Waals surface area contributed by atoms with Crippen LogP contribution in [0.5, 0.6) is 0 Å². The molecule has 2 aromatic rings. The first-order chi connectivity index (χ1) is 11.0. The maximum atomic E-state index is 12.3. The van der Waals surface area contributed by atoms with Gasteiger partial charge in [0.15, 0.2) is 0 Å². The van der Waals surface area contributed by atoms with Crippen molar-refractivity contribution >= 4 is 33.6 Å². The van der Waals surface area contributed by atoms with E-state index in [1.807, 2.05) is 48.5 Å². The fourth-order valence-electron chi connectivity index (χ4n) is 2.04. The lowest BCUT2D eigenvalue weighted by atomic mass is 10.0. The number of benzene rings is 2. The summed E-state index contributed by atoms with van der Waals surface area (Å²) in [5.41, 5.74) is 2.75. The third-order valence-electron chi connectivity index (χ3n) is 3.40. The molecular weight excluding hydrogens is 352 g/mol. The third-order valence-corrected chi connectivity index (χ3v) is 4.09. The average molecular weight is 369 g/mol. The molecule has 1 N–H and O–H groups in total. The number of hydrogen-bond acceptors (Lipinski definition) is 2. The number of anilines is 1. The molecule has 1 amide bonds. The van der Waals surface area contributed by atoms with Crippen molar-refractivity contribution in [3.05, 3.63) is 69.7 Å². The van der Waals surface area contributed by atoms with Crippen molar-refractivity contribution < 1.29 is 4.79 Å². The number of nitriles is 1. The highest BCUT2D eigenvalue weighted by atomic mass is 79.9. The first-order valence-electron chi connectivity index (χ1n) is 7.29. The number of carbonyl (C=O) groups is 1. The van der Waals surface area contributed by atoms with Crippen LogP contribution in [0.25, 0.3) is 6.08 Å². The molecular formula is C19H17BrN2O. The lowest BCUT2D eigenvalue weighted by molar-refractivity contribution is -0.112. The highest BCUT2D eigenvalue weighted by molar-refractivity contribution is 9.10. The highest BCUT2D eigenvalue weighted by Crippen LogP contribution is 2.22. The fraction of sp³-hybridized carbons (Fsp3) is 0.158. The summed E-state index contributed by atoms with van der Waals surface area (Å²) in [6.45, 7) is 4.24. The first kappa shape index (κ1) is 17.0. The first-order valence-corrected chi connectivity index (χ1v) is 8.08. The predicted octanol–water partition coefficient (Wildman–Crippen LogP) is 5.12. The van der Waals surface area contributed by atoms with Gasteiger partial charge in [0.2, 0.25) is 0 Å². The van der Waals surface area contributed by atoms with Crippen LogP contribution in [0.2, 0.25) is 0 Å². The second-order valence-corrected chi connectivity index (χ2v) is 6.28. The maximum absolute atomic E-state index is 12.3. The molecule has 2 rings (SSSR count). The van der Waals surface area contributed by atoms with Crippen molar-refractivity contribution in [3.63, 3.8) is 0 Å². The van der Waals surface area contributed by atoms with E-state index in [-0.39, 0.29) is 5.57 Å². The number of carbonyl (C=O) groups excluding carboxylic acids is 1. The van der Waals surface area contributed by atoms with Crippen LogP contribution >= 0.6 is 15.9 Å². The Bertz CT molecular complexity index is 771. The summed E-state index contributed by atoms with van der Waals surface area (Å²) in [6.07, 6.45) is 1.59. The molecule has 0 aliphatic carbocycles. The number of halogens is 1. The minimum Gasteiger partial charge on any atom is -0.320 e. The largest absolute Gasteiger partial charge is 0.320 e. The number of amides is 1. The van der Waals surface area contributed by atoms with Crippen LogP contribution in [0.3, 0.4) is 0 Å². The Labute approximate surface area is 144 Å². The van der Waals surface area contributed by atoms with Crippen LogP contribution in [-0.2, 0) is 4.79 Å². The molecule has 0 saturated heterocycles. The zero-order chi connectivity index (χ0) is 16.8. The van der Waals surface area contributed by atoms with Crippen LogP contribution in [0.4, 0.5) is 5.69 Å². The molecule has 0 bridgehead atoms. The van der Waals surface area contributed by atoms with Gasteiger partial charge in [-0.3, -0.25) is 4.79 Å². The summed E-state index contributed by atoms with van der Waals surface area (Å²) in [5, 5.41) is 12.0. The molecule has 4 heteroatoms. The monoisotopic (exact) mass is 368 g/mol. The van der Waals surface area contributed by atoms with Crippen LogP contribution in [-0.4, -0.2) is 5.91 Å². The van der Waals surface area contributed by atoms with Gasteiger partial charge in [-0.2, -0.15) is 5.26 Å². The van der Waals surface area contributed by atoms with E-state index in [4.69, 9.17) is 0 Å². The predicted molar refractivity (Wildman–Crippen MR) is 96.9 cm³/mol. The van der Waals surface area contributed by atoms with E-state index in [9.17, 15) is 10.1 Å². The summed E-state index contributed by atoms with van der Waals surface area (Å²) >= 11 is 3.37. The topological polar surface area (TPSA) is 52.9 Å². The van der Waals surface area contributed by atoms with Crippen molar-refractivity contribution in [2.45, 2.75) is 19.8 Å². The summed E-state index contributed by atoms with van der Waals surface area (Å²) in [7, 11) is 0. The molecule has 116 valence electrons. The molecule has 0 aliphatic rings. The highest BCUT2D eigenvalue weighted by Gasteiger charge is 2.11. The van der Waals surface area contributed by atoms with Crippen molar-refractivity contribution in [2.24, 2.45) is 0 Å². The number of nitrogens with one attached hydrogen (secondary N) is 1.